The van der Waals surface area contributed by atoms with Gasteiger partial charge in [-0.3, -0.25) is 0 Å². The van der Waals surface area contributed by atoms with Crippen molar-refractivity contribution in [3.8, 4) is 5.75 Å². The number of hydrogen-bond acceptors (Lipinski definition) is 5. The molecule has 6 heteroatoms. The molecule has 1 aromatic rings. The maximum Gasteiger partial charge on any atom is 0.192 e. The number of rotatable bonds is 12. The molecule has 0 aromatic heterocycles. The van der Waals surface area contributed by atoms with Crippen LogP contribution in [0.5, 0.6) is 5.75 Å². The lowest BCUT2D eigenvalue weighted by molar-refractivity contribution is -0.156. The van der Waals surface area contributed by atoms with E-state index < -0.39 is 14.1 Å². The first kappa shape index (κ1) is 29.8. The number of methoxy groups -OCH3 is 1. The van der Waals surface area contributed by atoms with Crippen molar-refractivity contribution in [2.45, 2.75) is 110 Å². The highest BCUT2D eigenvalue weighted by Gasteiger charge is 2.44. The lowest BCUT2D eigenvalue weighted by atomic mass is 10.0. The van der Waals surface area contributed by atoms with Gasteiger partial charge in [0.2, 0.25) is 0 Å². The second kappa shape index (κ2) is 12.2. The third-order valence-electron chi connectivity index (χ3n) is 7.18. The molecule has 0 N–H and O–H groups in total. The molecule has 1 saturated heterocycles. The summed E-state index contributed by atoms with van der Waals surface area (Å²) < 4.78 is 30.9. The Bertz CT molecular complexity index is 824. The van der Waals surface area contributed by atoms with E-state index in [0.29, 0.717) is 13.0 Å². The molecule has 0 spiro atoms. The van der Waals surface area contributed by atoms with Gasteiger partial charge in [0.1, 0.15) is 18.0 Å². The summed E-state index contributed by atoms with van der Waals surface area (Å²) in [6, 6.07) is 7.94. The maximum atomic E-state index is 6.63. The number of hydrogen-bond donors (Lipinski definition) is 0. The normalized spacial score (nSPS) is 23.3. The zero-order chi connectivity index (χ0) is 26.4. The van der Waals surface area contributed by atoms with E-state index in [1.54, 1.807) is 7.11 Å². The molecule has 0 saturated carbocycles. The molecular weight excluding hydrogens is 456 g/mol. The molecule has 0 amide bonds. The monoisotopic (exact) mass is 504 g/mol. The third kappa shape index (κ3) is 8.57. The van der Waals surface area contributed by atoms with Crippen LogP contribution in [0, 0.1) is 5.92 Å². The van der Waals surface area contributed by atoms with Crippen molar-refractivity contribution in [3.05, 3.63) is 54.6 Å². The van der Waals surface area contributed by atoms with Gasteiger partial charge in [-0.15, -0.1) is 6.58 Å². The first-order chi connectivity index (χ1) is 16.2. The van der Waals surface area contributed by atoms with E-state index in [4.69, 9.17) is 23.4 Å². The standard InChI is InChI=1S/C29H48O5Si/c1-12-13-26-27(33-29(7,8)32-26)25(31-20-23-15-17-24(30-9)18-16-23)19-14-21(2)22(3)34-35(10,11)28(4,5)6/h12,14-19,21-22,25-27H,1,13,20H2,2-11H3/b19-14-/t21-,22?,25-,26+,27-/m1/s1. The summed E-state index contributed by atoms with van der Waals surface area (Å²) in [4.78, 5) is 0. The maximum absolute atomic E-state index is 6.63. The molecule has 198 valence electrons. The fourth-order valence-corrected chi connectivity index (χ4v) is 5.35. The Morgan fingerprint density at radius 1 is 1.09 bits per heavy atom. The van der Waals surface area contributed by atoms with Gasteiger partial charge in [-0.25, -0.2) is 0 Å². The van der Waals surface area contributed by atoms with Crippen LogP contribution in [-0.4, -0.2) is 45.6 Å². The smallest absolute Gasteiger partial charge is 0.192 e. The molecule has 5 atom stereocenters. The number of ether oxygens (including phenoxy) is 4. The number of benzene rings is 1. The summed E-state index contributed by atoms with van der Waals surface area (Å²) in [5.74, 6) is 0.387. The van der Waals surface area contributed by atoms with Gasteiger partial charge in [0.25, 0.3) is 0 Å². The van der Waals surface area contributed by atoms with Crippen LogP contribution < -0.4 is 4.74 Å². The lowest BCUT2D eigenvalue weighted by Crippen LogP contribution is -2.44. The van der Waals surface area contributed by atoms with Gasteiger partial charge < -0.3 is 23.4 Å². The van der Waals surface area contributed by atoms with Gasteiger partial charge in [0.15, 0.2) is 14.1 Å². The molecule has 1 fully saturated rings. The Balaban J connectivity index is 2.20. The van der Waals surface area contributed by atoms with Gasteiger partial charge in [-0.2, -0.15) is 0 Å². The highest BCUT2D eigenvalue weighted by molar-refractivity contribution is 6.74. The first-order valence-corrected chi connectivity index (χ1v) is 15.7. The van der Waals surface area contributed by atoms with Crippen LogP contribution in [0.1, 0.15) is 60.5 Å². The molecule has 1 aliphatic rings. The van der Waals surface area contributed by atoms with Crippen molar-refractivity contribution < 1.29 is 23.4 Å². The molecule has 0 bridgehead atoms. The topological polar surface area (TPSA) is 46.2 Å². The van der Waals surface area contributed by atoms with Crippen molar-refractivity contribution in [2.75, 3.05) is 7.11 Å². The van der Waals surface area contributed by atoms with E-state index in [0.717, 1.165) is 11.3 Å². The van der Waals surface area contributed by atoms with Crippen LogP contribution in [0.15, 0.2) is 49.1 Å². The van der Waals surface area contributed by atoms with Crippen LogP contribution in [0.4, 0.5) is 0 Å². The minimum atomic E-state index is -1.85. The van der Waals surface area contributed by atoms with Crippen LogP contribution in [0.3, 0.4) is 0 Å². The van der Waals surface area contributed by atoms with Crippen molar-refractivity contribution in [1.29, 1.82) is 0 Å². The fourth-order valence-electron chi connectivity index (χ4n) is 3.85. The van der Waals surface area contributed by atoms with Crippen LogP contribution in [0.2, 0.25) is 18.1 Å². The molecule has 2 rings (SSSR count). The molecule has 1 unspecified atom stereocenters. The Morgan fingerprint density at radius 3 is 2.26 bits per heavy atom. The Morgan fingerprint density at radius 2 is 1.71 bits per heavy atom. The van der Waals surface area contributed by atoms with Gasteiger partial charge >= 0.3 is 0 Å². The quantitative estimate of drug-likeness (QED) is 0.221. The highest BCUT2D eigenvalue weighted by Crippen LogP contribution is 2.38. The van der Waals surface area contributed by atoms with E-state index in [1.807, 2.05) is 44.2 Å². The van der Waals surface area contributed by atoms with Crippen molar-refractivity contribution in [1.82, 2.24) is 0 Å². The third-order valence-corrected chi connectivity index (χ3v) is 11.8. The minimum absolute atomic E-state index is 0.107. The van der Waals surface area contributed by atoms with Gasteiger partial charge in [-0.1, -0.05) is 58.1 Å². The molecule has 1 aromatic carbocycles. The summed E-state index contributed by atoms with van der Waals surface area (Å²) in [5, 5.41) is 0.174. The van der Waals surface area contributed by atoms with Gasteiger partial charge in [0, 0.05) is 6.10 Å². The van der Waals surface area contributed by atoms with Crippen LogP contribution >= 0.6 is 0 Å². The predicted molar refractivity (Wildman–Crippen MR) is 146 cm³/mol. The van der Waals surface area contributed by atoms with Crippen molar-refractivity contribution in [2.24, 2.45) is 5.92 Å². The van der Waals surface area contributed by atoms with Gasteiger partial charge in [0.05, 0.1) is 19.8 Å². The van der Waals surface area contributed by atoms with E-state index in [2.05, 4.69) is 66.4 Å². The molecule has 0 aliphatic carbocycles. The predicted octanol–water partition coefficient (Wildman–Crippen LogP) is 7.28. The average Bonchev–Trinajstić information content (AvgIpc) is 3.07. The summed E-state index contributed by atoms with van der Waals surface area (Å²) in [5.41, 5.74) is 1.07. The molecule has 0 radical (unpaired) electrons. The van der Waals surface area contributed by atoms with E-state index >= 15 is 0 Å². The molecule has 1 aliphatic heterocycles. The summed E-state index contributed by atoms with van der Waals surface area (Å²) in [7, 11) is -0.183. The summed E-state index contributed by atoms with van der Waals surface area (Å²) in [6.07, 6.45) is 6.39. The van der Waals surface area contributed by atoms with E-state index in [1.165, 1.54) is 0 Å². The second-order valence-electron chi connectivity index (χ2n) is 11.6. The fraction of sp³-hybridized carbons (Fsp3) is 0.655. The Labute approximate surface area is 215 Å². The largest absolute Gasteiger partial charge is 0.497 e. The van der Waals surface area contributed by atoms with Crippen LogP contribution in [0.25, 0.3) is 0 Å². The minimum Gasteiger partial charge on any atom is -0.497 e. The Hall–Kier alpha value is -1.44. The summed E-state index contributed by atoms with van der Waals surface area (Å²) in [6.45, 7) is 24.1. The van der Waals surface area contributed by atoms with E-state index in [-0.39, 0.29) is 35.4 Å². The Kier molecular flexibility index (Phi) is 10.4. The SMILES string of the molecule is C=CC[C@@H]1OC(C)(C)O[C@@H]1[C@@H](/C=C\[C@@H](C)C(C)O[Si](C)(C)C(C)(C)C)OCc1ccc(OC)cc1. The molecular formula is C29H48O5Si. The zero-order valence-corrected chi connectivity index (χ0v) is 24.6. The highest BCUT2D eigenvalue weighted by atomic mass is 28.4. The molecule has 5 nitrogen and oxygen atoms in total. The molecule has 1 heterocycles. The second-order valence-corrected chi connectivity index (χ2v) is 16.4. The summed E-state index contributed by atoms with van der Waals surface area (Å²) >= 11 is 0. The van der Waals surface area contributed by atoms with Gasteiger partial charge in [-0.05, 0) is 68.9 Å². The molecule has 35 heavy (non-hydrogen) atoms. The van der Waals surface area contributed by atoms with Crippen molar-refractivity contribution >= 4 is 8.32 Å². The van der Waals surface area contributed by atoms with E-state index in [9.17, 15) is 0 Å². The average molecular weight is 505 g/mol. The van der Waals surface area contributed by atoms with Crippen molar-refractivity contribution in [3.63, 3.8) is 0 Å². The first-order valence-electron chi connectivity index (χ1n) is 12.8. The van der Waals surface area contributed by atoms with Crippen LogP contribution in [-0.2, 0) is 25.2 Å². The lowest BCUT2D eigenvalue weighted by Gasteiger charge is -2.39. The zero-order valence-electron chi connectivity index (χ0n) is 23.6.